The molecule has 1 aromatic heterocycles. The largest absolute Gasteiger partial charge is 0.485 e. The molecule has 2 aromatic rings. The van der Waals surface area contributed by atoms with Crippen LogP contribution >= 0.6 is 15.9 Å². The number of nitrogen functional groups attached to an aromatic ring is 1. The second-order valence-corrected chi connectivity index (χ2v) is 4.34. The van der Waals surface area contributed by atoms with Crippen molar-refractivity contribution in [2.75, 3.05) is 0 Å². The van der Waals surface area contributed by atoms with Gasteiger partial charge in [-0.3, -0.25) is 5.41 Å². The number of nitrogens with two attached hydrogens (primary N) is 1. The molecule has 2 rings (SSSR count). The van der Waals surface area contributed by atoms with Gasteiger partial charge in [0.25, 0.3) is 0 Å². The van der Waals surface area contributed by atoms with Gasteiger partial charge in [0.05, 0.1) is 11.8 Å². The normalized spacial score (nSPS) is 10.2. The van der Waals surface area contributed by atoms with Gasteiger partial charge in [0, 0.05) is 4.47 Å². The van der Waals surface area contributed by atoms with Gasteiger partial charge < -0.3 is 14.9 Å². The quantitative estimate of drug-likeness (QED) is 0.673. The molecule has 0 fully saturated rings. The Kier molecular flexibility index (Phi) is 3.49. The molecule has 0 aliphatic heterocycles. The van der Waals surface area contributed by atoms with Crippen LogP contribution in [0.5, 0.6) is 5.75 Å². The molecule has 1 aromatic carbocycles. The van der Waals surface area contributed by atoms with E-state index in [0.717, 1.165) is 10.2 Å². The standard InChI is InChI=1S/C12H11BrN2O2/c13-8-3-4-10(12(14)15)11(6-8)17-7-9-2-1-5-16-9/h1-6H,7H2,(H3,14,15). The number of benzene rings is 1. The van der Waals surface area contributed by atoms with Crippen LogP contribution in [0.25, 0.3) is 0 Å². The molecular weight excluding hydrogens is 284 g/mol. The summed E-state index contributed by atoms with van der Waals surface area (Å²) in [7, 11) is 0. The maximum absolute atomic E-state index is 7.46. The predicted octanol–water partition coefficient (Wildman–Crippen LogP) is 2.91. The molecule has 0 spiro atoms. The molecule has 88 valence electrons. The van der Waals surface area contributed by atoms with Crippen LogP contribution in [0.4, 0.5) is 0 Å². The van der Waals surface area contributed by atoms with Crippen molar-refractivity contribution in [1.29, 1.82) is 5.41 Å². The van der Waals surface area contributed by atoms with Crippen molar-refractivity contribution in [3.8, 4) is 5.75 Å². The van der Waals surface area contributed by atoms with Gasteiger partial charge in [0.1, 0.15) is 24.0 Å². The molecule has 5 heteroatoms. The third kappa shape index (κ3) is 2.88. The molecule has 0 saturated carbocycles. The van der Waals surface area contributed by atoms with Crippen LogP contribution in [0, 0.1) is 5.41 Å². The molecule has 0 aliphatic carbocycles. The summed E-state index contributed by atoms with van der Waals surface area (Å²) in [5, 5.41) is 7.46. The van der Waals surface area contributed by atoms with E-state index in [1.54, 1.807) is 24.5 Å². The molecule has 0 aliphatic rings. The number of hydrogen-bond donors (Lipinski definition) is 2. The number of hydrogen-bond acceptors (Lipinski definition) is 3. The number of halogens is 1. The highest BCUT2D eigenvalue weighted by Crippen LogP contribution is 2.24. The second-order valence-electron chi connectivity index (χ2n) is 3.42. The Morgan fingerprint density at radius 1 is 1.41 bits per heavy atom. The molecule has 3 N–H and O–H groups in total. The first-order valence-corrected chi connectivity index (χ1v) is 5.75. The maximum atomic E-state index is 7.46. The van der Waals surface area contributed by atoms with Gasteiger partial charge in [0.15, 0.2) is 0 Å². The Morgan fingerprint density at radius 2 is 2.24 bits per heavy atom. The average molecular weight is 295 g/mol. The van der Waals surface area contributed by atoms with Gasteiger partial charge in [-0.1, -0.05) is 15.9 Å². The van der Waals surface area contributed by atoms with Crippen molar-refractivity contribution in [3.05, 3.63) is 52.4 Å². The first kappa shape index (κ1) is 11.7. The summed E-state index contributed by atoms with van der Waals surface area (Å²) in [5.41, 5.74) is 6.05. The molecule has 0 bridgehead atoms. The predicted molar refractivity (Wildman–Crippen MR) is 68.2 cm³/mol. The van der Waals surface area contributed by atoms with E-state index in [1.165, 1.54) is 0 Å². The molecule has 0 radical (unpaired) electrons. The van der Waals surface area contributed by atoms with Gasteiger partial charge in [-0.05, 0) is 30.3 Å². The lowest BCUT2D eigenvalue weighted by molar-refractivity contribution is 0.269. The molecule has 0 amide bonds. The van der Waals surface area contributed by atoms with Crippen molar-refractivity contribution >= 4 is 21.8 Å². The van der Waals surface area contributed by atoms with Crippen LogP contribution in [0.3, 0.4) is 0 Å². The summed E-state index contributed by atoms with van der Waals surface area (Å²) in [4.78, 5) is 0. The second kappa shape index (κ2) is 5.05. The molecule has 0 unspecified atom stereocenters. The van der Waals surface area contributed by atoms with E-state index < -0.39 is 0 Å². The molecule has 0 atom stereocenters. The summed E-state index contributed by atoms with van der Waals surface area (Å²) >= 11 is 3.35. The smallest absolute Gasteiger partial charge is 0.146 e. The summed E-state index contributed by atoms with van der Waals surface area (Å²) < 4.78 is 11.6. The van der Waals surface area contributed by atoms with E-state index in [2.05, 4.69) is 15.9 Å². The lowest BCUT2D eigenvalue weighted by Gasteiger charge is -2.09. The Balaban J connectivity index is 2.19. The van der Waals surface area contributed by atoms with Gasteiger partial charge in [-0.2, -0.15) is 0 Å². The van der Waals surface area contributed by atoms with E-state index in [0.29, 0.717) is 17.9 Å². The van der Waals surface area contributed by atoms with E-state index in [9.17, 15) is 0 Å². The first-order chi connectivity index (χ1) is 8.16. The minimum absolute atomic E-state index is 0.0213. The van der Waals surface area contributed by atoms with E-state index >= 15 is 0 Å². The fraction of sp³-hybridized carbons (Fsp3) is 0.0833. The molecule has 0 saturated heterocycles. The summed E-state index contributed by atoms with van der Waals surface area (Å²) in [6, 6.07) is 8.96. The van der Waals surface area contributed by atoms with Crippen LogP contribution in [0.1, 0.15) is 11.3 Å². The highest BCUT2D eigenvalue weighted by molar-refractivity contribution is 9.10. The molecular formula is C12H11BrN2O2. The van der Waals surface area contributed by atoms with E-state index in [-0.39, 0.29) is 5.84 Å². The lowest BCUT2D eigenvalue weighted by atomic mass is 10.2. The van der Waals surface area contributed by atoms with Crippen molar-refractivity contribution in [2.24, 2.45) is 5.73 Å². The summed E-state index contributed by atoms with van der Waals surface area (Å²) in [5.74, 6) is 1.26. The fourth-order valence-corrected chi connectivity index (χ4v) is 1.72. The molecule has 17 heavy (non-hydrogen) atoms. The molecule has 4 nitrogen and oxygen atoms in total. The van der Waals surface area contributed by atoms with E-state index in [4.69, 9.17) is 20.3 Å². The number of ether oxygens (including phenoxy) is 1. The van der Waals surface area contributed by atoms with Crippen molar-refractivity contribution < 1.29 is 9.15 Å². The highest BCUT2D eigenvalue weighted by Gasteiger charge is 2.08. The lowest BCUT2D eigenvalue weighted by Crippen LogP contribution is -2.13. The van der Waals surface area contributed by atoms with Crippen molar-refractivity contribution in [3.63, 3.8) is 0 Å². The van der Waals surface area contributed by atoms with Crippen LogP contribution in [0.15, 0.2) is 45.5 Å². The first-order valence-electron chi connectivity index (χ1n) is 4.96. The Bertz CT molecular complexity index is 523. The topological polar surface area (TPSA) is 72.2 Å². The zero-order chi connectivity index (χ0) is 12.3. The maximum Gasteiger partial charge on any atom is 0.146 e. The van der Waals surface area contributed by atoms with Crippen LogP contribution in [0.2, 0.25) is 0 Å². The van der Waals surface area contributed by atoms with Gasteiger partial charge in [-0.25, -0.2) is 0 Å². The Labute approximate surface area is 107 Å². The number of rotatable bonds is 4. The van der Waals surface area contributed by atoms with Crippen LogP contribution in [-0.4, -0.2) is 5.84 Å². The SMILES string of the molecule is N=C(N)c1ccc(Br)cc1OCc1ccco1. The van der Waals surface area contributed by atoms with Gasteiger partial charge >= 0.3 is 0 Å². The van der Waals surface area contributed by atoms with Crippen molar-refractivity contribution in [2.45, 2.75) is 6.61 Å². The zero-order valence-corrected chi connectivity index (χ0v) is 10.5. The Hall–Kier alpha value is -1.75. The monoisotopic (exact) mass is 294 g/mol. The van der Waals surface area contributed by atoms with Crippen LogP contribution in [-0.2, 0) is 6.61 Å². The van der Waals surface area contributed by atoms with Crippen molar-refractivity contribution in [1.82, 2.24) is 0 Å². The number of nitrogens with one attached hydrogen (secondary N) is 1. The highest BCUT2D eigenvalue weighted by atomic mass is 79.9. The zero-order valence-electron chi connectivity index (χ0n) is 8.94. The number of amidine groups is 1. The minimum Gasteiger partial charge on any atom is -0.485 e. The minimum atomic E-state index is -0.0213. The summed E-state index contributed by atoms with van der Waals surface area (Å²) in [6.07, 6.45) is 1.59. The molecule has 1 heterocycles. The average Bonchev–Trinajstić information content (AvgIpc) is 2.78. The Morgan fingerprint density at radius 3 is 2.88 bits per heavy atom. The number of furan rings is 1. The van der Waals surface area contributed by atoms with Gasteiger partial charge in [-0.15, -0.1) is 0 Å². The summed E-state index contributed by atoms with van der Waals surface area (Å²) in [6.45, 7) is 0.309. The third-order valence-corrected chi connectivity index (χ3v) is 2.68. The van der Waals surface area contributed by atoms with E-state index in [1.807, 2.05) is 12.1 Å². The third-order valence-electron chi connectivity index (χ3n) is 2.18. The van der Waals surface area contributed by atoms with Crippen LogP contribution < -0.4 is 10.5 Å². The fourth-order valence-electron chi connectivity index (χ4n) is 1.38. The van der Waals surface area contributed by atoms with Gasteiger partial charge in [0.2, 0.25) is 0 Å².